The maximum Gasteiger partial charge on any atom is 0.249 e. The topological polar surface area (TPSA) is 110 Å². The molecule has 40 heavy (non-hydrogen) atoms. The predicted octanol–water partition coefficient (Wildman–Crippen LogP) is 7.28. The minimum atomic E-state index is -1.28. The molecule has 4 atom stereocenters. The van der Waals surface area contributed by atoms with Crippen molar-refractivity contribution in [3.8, 4) is 0 Å². The van der Waals surface area contributed by atoms with E-state index < -0.39 is 36.9 Å². The van der Waals surface area contributed by atoms with Crippen LogP contribution in [0.25, 0.3) is 0 Å². The van der Waals surface area contributed by atoms with E-state index in [1.807, 2.05) is 0 Å². The highest BCUT2D eigenvalue weighted by molar-refractivity contribution is 5.80. The molecule has 6 nitrogen and oxygen atoms in total. The summed E-state index contributed by atoms with van der Waals surface area (Å²) in [5.41, 5.74) is 0. The monoisotopic (exact) mass is 567 g/mol. The second kappa shape index (κ2) is 29.3. The molecule has 0 saturated heterocycles. The van der Waals surface area contributed by atoms with E-state index in [2.05, 4.69) is 43.5 Å². The SMILES string of the molecule is CCCCC/C=C/CCCC(O)C(O)C(CO)NC(=O)C(O)CCCCCCCC/C=C\CCCCCCCC. The van der Waals surface area contributed by atoms with Crippen LogP contribution in [0.1, 0.15) is 155 Å². The molecule has 1 amide bonds. The lowest BCUT2D eigenvalue weighted by Gasteiger charge is -2.27. The zero-order valence-electron chi connectivity index (χ0n) is 26.1. The van der Waals surface area contributed by atoms with Gasteiger partial charge in [-0.15, -0.1) is 0 Å². The Hall–Kier alpha value is -1.21. The number of hydrogen-bond acceptors (Lipinski definition) is 5. The van der Waals surface area contributed by atoms with E-state index in [1.54, 1.807) is 0 Å². The number of hydrogen-bond donors (Lipinski definition) is 5. The summed E-state index contributed by atoms with van der Waals surface area (Å²) in [6.07, 6.45) is 29.2. The van der Waals surface area contributed by atoms with E-state index in [9.17, 15) is 25.2 Å². The van der Waals surface area contributed by atoms with Gasteiger partial charge in [0, 0.05) is 0 Å². The molecule has 4 unspecified atom stereocenters. The molecule has 0 fully saturated rings. The second-order valence-electron chi connectivity index (χ2n) is 11.5. The number of unbranched alkanes of at least 4 members (excludes halogenated alkanes) is 16. The van der Waals surface area contributed by atoms with Gasteiger partial charge >= 0.3 is 0 Å². The number of nitrogens with one attached hydrogen (secondary N) is 1. The number of rotatable bonds is 29. The van der Waals surface area contributed by atoms with Crippen molar-refractivity contribution in [2.75, 3.05) is 6.61 Å². The minimum absolute atomic E-state index is 0.356. The lowest BCUT2D eigenvalue weighted by molar-refractivity contribution is -0.132. The van der Waals surface area contributed by atoms with Gasteiger partial charge in [-0.3, -0.25) is 4.79 Å². The molecule has 0 saturated carbocycles. The Labute approximate surface area is 246 Å². The van der Waals surface area contributed by atoms with Crippen molar-refractivity contribution in [2.45, 2.75) is 179 Å². The van der Waals surface area contributed by atoms with Gasteiger partial charge in [-0.25, -0.2) is 0 Å². The molecule has 0 aliphatic carbocycles. The average molecular weight is 568 g/mol. The van der Waals surface area contributed by atoms with Gasteiger partial charge in [0.25, 0.3) is 0 Å². The predicted molar refractivity (Wildman–Crippen MR) is 168 cm³/mol. The fraction of sp³-hybridized carbons (Fsp3) is 0.853. The first-order valence-electron chi connectivity index (χ1n) is 16.7. The molecule has 6 heteroatoms. The van der Waals surface area contributed by atoms with E-state index in [1.165, 1.54) is 83.5 Å². The maximum atomic E-state index is 12.4. The molecule has 0 aromatic carbocycles. The van der Waals surface area contributed by atoms with Crippen molar-refractivity contribution in [1.82, 2.24) is 5.32 Å². The first-order valence-corrected chi connectivity index (χ1v) is 16.7. The maximum absolute atomic E-state index is 12.4. The van der Waals surface area contributed by atoms with Crippen molar-refractivity contribution < 1.29 is 25.2 Å². The largest absolute Gasteiger partial charge is 0.394 e. The molecule has 0 aromatic rings. The van der Waals surface area contributed by atoms with Gasteiger partial charge in [0.05, 0.1) is 18.8 Å². The number of allylic oxidation sites excluding steroid dienone is 4. The van der Waals surface area contributed by atoms with Crippen molar-refractivity contribution in [1.29, 1.82) is 0 Å². The van der Waals surface area contributed by atoms with Crippen LogP contribution in [-0.4, -0.2) is 57.3 Å². The Morgan fingerprint density at radius 2 is 1.02 bits per heavy atom. The van der Waals surface area contributed by atoms with E-state index in [0.29, 0.717) is 19.3 Å². The molecule has 0 aliphatic heterocycles. The zero-order chi connectivity index (χ0) is 29.7. The summed E-state index contributed by atoms with van der Waals surface area (Å²) in [5, 5.41) is 43.1. The van der Waals surface area contributed by atoms with Crippen LogP contribution < -0.4 is 5.32 Å². The molecular formula is C34H65NO5. The van der Waals surface area contributed by atoms with Crippen LogP contribution in [0.5, 0.6) is 0 Å². The molecule has 0 spiro atoms. The summed E-state index contributed by atoms with van der Waals surface area (Å²) in [6, 6.07) is -0.999. The number of carbonyl (C=O) groups is 1. The molecule has 0 rings (SSSR count). The van der Waals surface area contributed by atoms with Crippen LogP contribution in [0.4, 0.5) is 0 Å². The fourth-order valence-electron chi connectivity index (χ4n) is 4.87. The molecule has 5 N–H and O–H groups in total. The van der Waals surface area contributed by atoms with Gasteiger partial charge in [0.1, 0.15) is 12.2 Å². The van der Waals surface area contributed by atoms with Crippen LogP contribution in [0.15, 0.2) is 24.3 Å². The summed E-state index contributed by atoms with van der Waals surface area (Å²) >= 11 is 0. The number of aliphatic hydroxyl groups excluding tert-OH is 4. The Balaban J connectivity index is 3.87. The van der Waals surface area contributed by atoms with Crippen LogP contribution >= 0.6 is 0 Å². The van der Waals surface area contributed by atoms with Crippen LogP contribution in [0.3, 0.4) is 0 Å². The molecule has 0 radical (unpaired) electrons. The smallest absolute Gasteiger partial charge is 0.249 e. The van der Waals surface area contributed by atoms with Crippen LogP contribution in [0.2, 0.25) is 0 Å². The highest BCUT2D eigenvalue weighted by atomic mass is 16.3. The summed E-state index contributed by atoms with van der Waals surface area (Å²) in [5.74, 6) is -0.604. The minimum Gasteiger partial charge on any atom is -0.394 e. The standard InChI is InChI=1S/C34H65NO5/c1-3-5-7-9-11-13-14-15-16-17-18-19-20-22-24-26-28-32(38)34(40)35-30(29-36)33(39)31(37)27-25-23-21-12-10-8-6-4-2/h12,15-16,21,30-33,36-39H,3-11,13-14,17-20,22-29H2,1-2H3,(H,35,40)/b16-15-,21-12+. The van der Waals surface area contributed by atoms with E-state index in [0.717, 1.165) is 38.5 Å². The number of amides is 1. The lowest BCUT2D eigenvalue weighted by Crippen LogP contribution is -2.53. The Bertz CT molecular complexity index is 609. The first kappa shape index (κ1) is 38.8. The van der Waals surface area contributed by atoms with Gasteiger partial charge in [-0.1, -0.05) is 115 Å². The third-order valence-corrected chi connectivity index (χ3v) is 7.63. The Morgan fingerprint density at radius 1 is 0.600 bits per heavy atom. The van der Waals surface area contributed by atoms with Crippen molar-refractivity contribution in [3.05, 3.63) is 24.3 Å². The number of aliphatic hydroxyl groups is 4. The van der Waals surface area contributed by atoms with Gasteiger partial charge in [-0.2, -0.15) is 0 Å². The summed E-state index contributed by atoms with van der Waals surface area (Å²) in [4.78, 5) is 12.4. The van der Waals surface area contributed by atoms with Gasteiger partial charge in [0.2, 0.25) is 5.91 Å². The van der Waals surface area contributed by atoms with E-state index in [4.69, 9.17) is 0 Å². The fourth-order valence-corrected chi connectivity index (χ4v) is 4.87. The lowest BCUT2D eigenvalue weighted by atomic mass is 10.00. The highest BCUT2D eigenvalue weighted by Crippen LogP contribution is 2.13. The van der Waals surface area contributed by atoms with Gasteiger partial charge < -0.3 is 25.7 Å². The van der Waals surface area contributed by atoms with Crippen molar-refractivity contribution in [3.63, 3.8) is 0 Å². The summed E-state index contributed by atoms with van der Waals surface area (Å²) < 4.78 is 0. The third kappa shape index (κ3) is 23.5. The van der Waals surface area contributed by atoms with Crippen LogP contribution in [0, 0.1) is 0 Å². The number of carbonyl (C=O) groups excluding carboxylic acids is 1. The molecule has 0 aromatic heterocycles. The third-order valence-electron chi connectivity index (χ3n) is 7.63. The van der Waals surface area contributed by atoms with Gasteiger partial charge in [-0.05, 0) is 64.2 Å². The molecule has 0 aliphatic rings. The van der Waals surface area contributed by atoms with Crippen LogP contribution in [-0.2, 0) is 4.79 Å². The molecule has 0 heterocycles. The Kier molecular flexibility index (Phi) is 28.4. The normalized spacial score (nSPS) is 15.1. The molecule has 236 valence electrons. The summed E-state index contributed by atoms with van der Waals surface area (Å²) in [7, 11) is 0. The highest BCUT2D eigenvalue weighted by Gasteiger charge is 2.28. The van der Waals surface area contributed by atoms with Gasteiger partial charge in [0.15, 0.2) is 0 Å². The average Bonchev–Trinajstić information content (AvgIpc) is 2.96. The van der Waals surface area contributed by atoms with Crippen molar-refractivity contribution >= 4 is 5.91 Å². The first-order chi connectivity index (χ1) is 19.5. The van der Waals surface area contributed by atoms with E-state index in [-0.39, 0.29) is 0 Å². The molecular weight excluding hydrogens is 502 g/mol. The second-order valence-corrected chi connectivity index (χ2v) is 11.5. The van der Waals surface area contributed by atoms with Crippen molar-refractivity contribution in [2.24, 2.45) is 0 Å². The Morgan fingerprint density at radius 3 is 1.55 bits per heavy atom. The quantitative estimate of drug-likeness (QED) is 0.0482. The van der Waals surface area contributed by atoms with E-state index >= 15 is 0 Å². The zero-order valence-corrected chi connectivity index (χ0v) is 26.1. The molecule has 0 bridgehead atoms. The summed E-state index contributed by atoms with van der Waals surface area (Å²) in [6.45, 7) is 3.94.